The normalized spacial score (nSPS) is 12.0. The summed E-state index contributed by atoms with van der Waals surface area (Å²) in [6.07, 6.45) is 3.87. The highest BCUT2D eigenvalue weighted by Crippen LogP contribution is 2.22. The minimum atomic E-state index is -0.299. The van der Waals surface area contributed by atoms with E-state index in [1.807, 2.05) is 13.8 Å². The number of hydrogen-bond acceptors (Lipinski definition) is 4. The third-order valence-corrected chi connectivity index (χ3v) is 4.57. The molecule has 1 aromatic carbocycles. The van der Waals surface area contributed by atoms with Crippen molar-refractivity contribution in [1.82, 2.24) is 35.2 Å². The summed E-state index contributed by atoms with van der Waals surface area (Å²) in [5.74, 6) is 0.439. The summed E-state index contributed by atoms with van der Waals surface area (Å²) in [4.78, 5) is 18.6. The number of nitrogens with zero attached hydrogens (tertiary/aromatic N) is 5. The molecule has 28 heavy (non-hydrogen) atoms. The summed E-state index contributed by atoms with van der Waals surface area (Å²) in [6.45, 7) is 5.01. The van der Waals surface area contributed by atoms with E-state index < -0.39 is 0 Å². The van der Waals surface area contributed by atoms with Gasteiger partial charge in [0.15, 0.2) is 0 Å². The van der Waals surface area contributed by atoms with E-state index in [1.54, 1.807) is 35.0 Å². The van der Waals surface area contributed by atoms with Crippen LogP contribution in [0.4, 0.5) is 9.18 Å². The van der Waals surface area contributed by atoms with E-state index in [0.717, 1.165) is 22.6 Å². The molecule has 1 atom stereocenters. The molecule has 2 aromatic heterocycles. The molecule has 0 radical (unpaired) electrons. The van der Waals surface area contributed by atoms with Crippen molar-refractivity contribution in [2.24, 2.45) is 0 Å². The lowest BCUT2D eigenvalue weighted by Gasteiger charge is -2.22. The van der Waals surface area contributed by atoms with Gasteiger partial charge in [-0.3, -0.25) is 5.10 Å². The smallest absolute Gasteiger partial charge is 0.318 e. The zero-order valence-electron chi connectivity index (χ0n) is 16.2. The van der Waals surface area contributed by atoms with Crippen molar-refractivity contribution >= 4 is 6.03 Å². The van der Waals surface area contributed by atoms with Gasteiger partial charge in [0, 0.05) is 24.7 Å². The first-order chi connectivity index (χ1) is 13.5. The number of urea groups is 1. The first-order valence-corrected chi connectivity index (χ1v) is 9.21. The average Bonchev–Trinajstić information content (AvgIpc) is 3.35. The minimum Gasteiger partial charge on any atom is -0.328 e. The summed E-state index contributed by atoms with van der Waals surface area (Å²) in [5.41, 5.74) is 2.41. The Balaban J connectivity index is 1.69. The Labute approximate surface area is 162 Å². The van der Waals surface area contributed by atoms with Gasteiger partial charge in [-0.25, -0.2) is 18.9 Å². The van der Waals surface area contributed by atoms with Crippen LogP contribution in [-0.2, 0) is 13.1 Å². The van der Waals surface area contributed by atoms with E-state index in [9.17, 15) is 9.18 Å². The van der Waals surface area contributed by atoms with Gasteiger partial charge in [-0.1, -0.05) is 6.92 Å². The quantitative estimate of drug-likeness (QED) is 0.654. The summed E-state index contributed by atoms with van der Waals surface area (Å²) < 4.78 is 14.9. The fourth-order valence-corrected chi connectivity index (χ4v) is 3.02. The molecule has 0 saturated heterocycles. The molecule has 3 rings (SSSR count). The van der Waals surface area contributed by atoms with Crippen molar-refractivity contribution in [2.75, 3.05) is 7.05 Å². The molecule has 0 aliphatic rings. The van der Waals surface area contributed by atoms with Crippen LogP contribution in [-0.4, -0.2) is 42.9 Å². The lowest BCUT2D eigenvalue weighted by molar-refractivity contribution is 0.201. The lowest BCUT2D eigenvalue weighted by atomic mass is 10.1. The Hall–Kier alpha value is -3.23. The third kappa shape index (κ3) is 4.19. The predicted molar refractivity (Wildman–Crippen MR) is 103 cm³/mol. The number of hydrogen-bond donors (Lipinski definition) is 2. The number of H-pyrrole nitrogens is 1. The second-order valence-corrected chi connectivity index (χ2v) is 6.48. The van der Waals surface area contributed by atoms with E-state index in [4.69, 9.17) is 0 Å². The molecule has 2 amide bonds. The number of carbonyl (C=O) groups excluding carboxylic acids is 1. The Morgan fingerprint density at radius 3 is 2.75 bits per heavy atom. The molecule has 0 bridgehead atoms. The van der Waals surface area contributed by atoms with Gasteiger partial charge in [0.05, 0.1) is 24.5 Å². The van der Waals surface area contributed by atoms with Crippen molar-refractivity contribution in [3.8, 4) is 11.3 Å². The van der Waals surface area contributed by atoms with Crippen LogP contribution < -0.4 is 5.32 Å². The zero-order valence-corrected chi connectivity index (χ0v) is 16.2. The molecule has 148 valence electrons. The molecule has 0 aliphatic heterocycles. The van der Waals surface area contributed by atoms with Crippen LogP contribution >= 0.6 is 0 Å². The fourth-order valence-electron chi connectivity index (χ4n) is 3.02. The summed E-state index contributed by atoms with van der Waals surface area (Å²) in [7, 11) is 1.72. The monoisotopic (exact) mass is 385 g/mol. The second kappa shape index (κ2) is 8.64. The van der Waals surface area contributed by atoms with Crippen molar-refractivity contribution < 1.29 is 9.18 Å². The topological polar surface area (TPSA) is 91.7 Å². The molecule has 2 heterocycles. The molecule has 0 saturated carbocycles. The Morgan fingerprint density at radius 1 is 1.32 bits per heavy atom. The van der Waals surface area contributed by atoms with Gasteiger partial charge in [-0.05, 0) is 37.6 Å². The van der Waals surface area contributed by atoms with Crippen LogP contribution in [0.25, 0.3) is 11.3 Å². The van der Waals surface area contributed by atoms with E-state index in [2.05, 4.69) is 25.6 Å². The number of aromatic nitrogens is 5. The Kier molecular flexibility index (Phi) is 6.03. The number of halogens is 1. The van der Waals surface area contributed by atoms with Gasteiger partial charge in [-0.2, -0.15) is 10.2 Å². The SMILES string of the molecule is CCC(NC(=O)N(C)Cc1cn[nH]c1-c1ccc(F)cc1)c1ncnn1CC. The Bertz CT molecular complexity index is 919. The first kappa shape index (κ1) is 19.5. The van der Waals surface area contributed by atoms with Crippen molar-refractivity contribution in [3.05, 3.63) is 54.0 Å². The molecule has 1 unspecified atom stereocenters. The zero-order chi connectivity index (χ0) is 20.1. The third-order valence-electron chi connectivity index (χ3n) is 4.57. The van der Waals surface area contributed by atoms with Crippen molar-refractivity contribution in [2.45, 2.75) is 39.4 Å². The first-order valence-electron chi connectivity index (χ1n) is 9.21. The van der Waals surface area contributed by atoms with E-state index in [-0.39, 0.29) is 17.9 Å². The predicted octanol–water partition coefficient (Wildman–Crippen LogP) is 3.12. The number of nitrogens with one attached hydrogen (secondary N) is 2. The number of carbonyl (C=O) groups is 1. The highest BCUT2D eigenvalue weighted by Gasteiger charge is 2.21. The lowest BCUT2D eigenvalue weighted by Crippen LogP contribution is -2.39. The molecule has 2 N–H and O–H groups in total. The molecule has 0 aliphatic carbocycles. The van der Waals surface area contributed by atoms with E-state index in [0.29, 0.717) is 19.5 Å². The van der Waals surface area contributed by atoms with Gasteiger partial charge < -0.3 is 10.2 Å². The van der Waals surface area contributed by atoms with Gasteiger partial charge >= 0.3 is 6.03 Å². The van der Waals surface area contributed by atoms with Crippen LogP contribution in [0, 0.1) is 5.82 Å². The average molecular weight is 385 g/mol. The molecular weight excluding hydrogens is 361 g/mol. The van der Waals surface area contributed by atoms with Gasteiger partial charge in [-0.15, -0.1) is 0 Å². The van der Waals surface area contributed by atoms with Crippen molar-refractivity contribution in [3.63, 3.8) is 0 Å². The Morgan fingerprint density at radius 2 is 2.07 bits per heavy atom. The van der Waals surface area contributed by atoms with E-state index >= 15 is 0 Å². The molecule has 0 spiro atoms. The minimum absolute atomic E-state index is 0.219. The number of aryl methyl sites for hydroxylation is 1. The summed E-state index contributed by atoms with van der Waals surface area (Å²) in [5, 5.41) is 14.2. The summed E-state index contributed by atoms with van der Waals surface area (Å²) in [6, 6.07) is 5.70. The van der Waals surface area contributed by atoms with Crippen LogP contribution in [0.5, 0.6) is 0 Å². The molecular formula is C19H24FN7O. The second-order valence-electron chi connectivity index (χ2n) is 6.48. The van der Waals surface area contributed by atoms with Crippen LogP contribution in [0.3, 0.4) is 0 Å². The number of aromatic amines is 1. The number of amides is 2. The maximum atomic E-state index is 13.2. The highest BCUT2D eigenvalue weighted by atomic mass is 19.1. The van der Waals surface area contributed by atoms with Gasteiger partial charge in [0.25, 0.3) is 0 Å². The maximum absolute atomic E-state index is 13.2. The van der Waals surface area contributed by atoms with Crippen LogP contribution in [0.1, 0.15) is 37.7 Å². The molecule has 0 fully saturated rings. The van der Waals surface area contributed by atoms with Crippen molar-refractivity contribution in [1.29, 1.82) is 0 Å². The van der Waals surface area contributed by atoms with E-state index in [1.165, 1.54) is 18.5 Å². The number of rotatable bonds is 7. The fraction of sp³-hybridized carbons (Fsp3) is 0.368. The molecule has 3 aromatic rings. The highest BCUT2D eigenvalue weighted by molar-refractivity contribution is 5.74. The number of benzene rings is 1. The largest absolute Gasteiger partial charge is 0.328 e. The van der Waals surface area contributed by atoms with Gasteiger partial charge in [0.1, 0.15) is 18.0 Å². The van der Waals surface area contributed by atoms with Gasteiger partial charge in [0.2, 0.25) is 0 Å². The molecule has 9 heteroatoms. The maximum Gasteiger partial charge on any atom is 0.318 e. The molecule has 8 nitrogen and oxygen atoms in total. The standard InChI is InChI=1S/C19H24FN7O/c1-4-16(18-21-12-23-27(18)5-2)24-19(28)26(3)11-14-10-22-25-17(14)13-6-8-15(20)9-7-13/h6-10,12,16H,4-5,11H2,1-3H3,(H,22,25)(H,24,28). The summed E-state index contributed by atoms with van der Waals surface area (Å²) >= 11 is 0. The van der Waals surface area contributed by atoms with Crippen LogP contribution in [0.15, 0.2) is 36.8 Å². The van der Waals surface area contributed by atoms with Crippen LogP contribution in [0.2, 0.25) is 0 Å².